The van der Waals surface area contributed by atoms with Gasteiger partial charge in [0, 0.05) is 61.5 Å². The quantitative estimate of drug-likeness (QED) is 0.268. The van der Waals surface area contributed by atoms with E-state index in [1.165, 1.54) is 30.3 Å². The number of methoxy groups -OCH3 is 1. The van der Waals surface area contributed by atoms with E-state index in [9.17, 15) is 14.4 Å². The van der Waals surface area contributed by atoms with Crippen molar-refractivity contribution < 1.29 is 33.0 Å². The number of halogens is 2. The molecule has 46 heavy (non-hydrogen) atoms. The van der Waals surface area contributed by atoms with Crippen LogP contribution in [-0.2, 0) is 9.47 Å². The van der Waals surface area contributed by atoms with Crippen LogP contribution in [0.2, 0.25) is 5.02 Å². The highest BCUT2D eigenvalue weighted by Crippen LogP contribution is 2.38. The number of hydrogen-bond donors (Lipinski definition) is 1. The summed E-state index contributed by atoms with van der Waals surface area (Å²) >= 11 is 6.80. The Morgan fingerprint density at radius 1 is 1.07 bits per heavy atom. The molecule has 1 N–H and O–H groups in total. The summed E-state index contributed by atoms with van der Waals surface area (Å²) in [4.78, 5) is 43.4. The summed E-state index contributed by atoms with van der Waals surface area (Å²) in [6, 6.07) is 6.67. The van der Waals surface area contributed by atoms with Crippen LogP contribution in [0.5, 0.6) is 5.75 Å². The SMILES string of the molecule is COCCCOc1cc(C(=O)N(C(C)C)[C@@H]2CCCN(C(=O)OC(C)(C)C)C2)c(Cl)cc1-c1cc(C(=O)NC(C)(C)C)ccc1F. The second kappa shape index (κ2) is 15.5. The zero-order valence-corrected chi connectivity index (χ0v) is 29.3. The average molecular weight is 662 g/mol. The number of piperidine rings is 1. The predicted octanol–water partition coefficient (Wildman–Crippen LogP) is 7.34. The molecule has 1 aliphatic rings. The first-order valence-corrected chi connectivity index (χ1v) is 16.2. The number of ether oxygens (including phenoxy) is 3. The third-order valence-corrected chi connectivity index (χ3v) is 7.60. The van der Waals surface area contributed by atoms with Crippen molar-refractivity contribution in [1.29, 1.82) is 0 Å². The van der Waals surface area contributed by atoms with Crippen molar-refractivity contribution in [1.82, 2.24) is 15.1 Å². The second-order valence-corrected chi connectivity index (χ2v) is 14.4. The molecule has 1 fully saturated rings. The molecule has 9 nitrogen and oxygen atoms in total. The number of nitrogens with zero attached hydrogens (tertiary/aromatic N) is 2. The molecule has 1 saturated heterocycles. The van der Waals surface area contributed by atoms with Crippen LogP contribution in [-0.4, -0.2) is 84.3 Å². The molecule has 11 heteroatoms. The number of hydrogen-bond acceptors (Lipinski definition) is 6. The molecule has 254 valence electrons. The van der Waals surface area contributed by atoms with Gasteiger partial charge < -0.3 is 29.3 Å². The van der Waals surface area contributed by atoms with Crippen LogP contribution in [0.15, 0.2) is 30.3 Å². The van der Waals surface area contributed by atoms with Gasteiger partial charge in [-0.2, -0.15) is 0 Å². The lowest BCUT2D eigenvalue weighted by Crippen LogP contribution is -2.54. The van der Waals surface area contributed by atoms with E-state index >= 15 is 4.39 Å². The summed E-state index contributed by atoms with van der Waals surface area (Å²) in [5.74, 6) is -1.01. The first-order chi connectivity index (χ1) is 21.4. The lowest BCUT2D eigenvalue weighted by atomic mass is 9.97. The molecule has 0 aliphatic carbocycles. The van der Waals surface area contributed by atoms with Gasteiger partial charge in [0.15, 0.2) is 0 Å². The zero-order chi connectivity index (χ0) is 34.4. The third kappa shape index (κ3) is 10.1. The van der Waals surface area contributed by atoms with E-state index in [-0.39, 0.29) is 58.0 Å². The fourth-order valence-corrected chi connectivity index (χ4v) is 5.60. The Balaban J connectivity index is 2.03. The molecular formula is C35H49ClFN3O6. The number of nitrogens with one attached hydrogen (secondary N) is 1. The Kier molecular flexibility index (Phi) is 12.5. The van der Waals surface area contributed by atoms with Crippen molar-refractivity contribution in [3.05, 3.63) is 52.3 Å². The largest absolute Gasteiger partial charge is 0.493 e. The normalized spacial score (nSPS) is 15.5. The van der Waals surface area contributed by atoms with Crippen LogP contribution in [0, 0.1) is 5.82 Å². The summed E-state index contributed by atoms with van der Waals surface area (Å²) < 4.78 is 32.2. The molecule has 1 aliphatic heterocycles. The van der Waals surface area contributed by atoms with Gasteiger partial charge in [-0.25, -0.2) is 9.18 Å². The molecule has 0 radical (unpaired) electrons. The van der Waals surface area contributed by atoms with Crippen molar-refractivity contribution in [3.8, 4) is 16.9 Å². The monoisotopic (exact) mass is 661 g/mol. The van der Waals surface area contributed by atoms with Gasteiger partial charge >= 0.3 is 6.09 Å². The second-order valence-electron chi connectivity index (χ2n) is 14.0. The third-order valence-electron chi connectivity index (χ3n) is 7.29. The van der Waals surface area contributed by atoms with Crippen LogP contribution in [0.1, 0.15) is 95.4 Å². The maximum Gasteiger partial charge on any atom is 0.410 e. The van der Waals surface area contributed by atoms with E-state index in [4.69, 9.17) is 25.8 Å². The Labute approximate surface area is 277 Å². The van der Waals surface area contributed by atoms with Gasteiger partial charge in [-0.15, -0.1) is 0 Å². The first-order valence-electron chi connectivity index (χ1n) is 15.8. The Morgan fingerprint density at radius 3 is 2.37 bits per heavy atom. The van der Waals surface area contributed by atoms with Gasteiger partial charge in [-0.1, -0.05) is 11.6 Å². The molecule has 3 rings (SSSR count). The van der Waals surface area contributed by atoms with Crippen molar-refractivity contribution >= 4 is 29.5 Å². The molecule has 3 amide bonds. The minimum atomic E-state index is -0.637. The van der Waals surface area contributed by atoms with E-state index in [2.05, 4.69) is 5.32 Å². The molecule has 0 unspecified atom stereocenters. The predicted molar refractivity (Wildman–Crippen MR) is 178 cm³/mol. The van der Waals surface area contributed by atoms with Gasteiger partial charge in [0.05, 0.1) is 23.2 Å². The number of likely N-dealkylation sites (tertiary alicyclic amines) is 1. The van der Waals surface area contributed by atoms with Gasteiger partial charge in [0.1, 0.15) is 17.2 Å². The summed E-state index contributed by atoms with van der Waals surface area (Å²) in [6.07, 6.45) is 1.55. The standard InChI is InChI=1S/C35H49ClFN3O6/c1-22(2)40(24-12-10-15-39(21-24)33(43)46-35(6,7)8)32(42)27-20-30(45-17-11-16-44-9)26(19-28(27)36)25-18-23(13-14-29(25)37)31(41)38-34(3,4)5/h13-14,18-20,22,24H,10-12,15-17,21H2,1-9H3,(H,38,41)/t24-/m1/s1. The molecule has 0 spiro atoms. The number of carbonyl (C=O) groups excluding carboxylic acids is 3. The Hall–Kier alpha value is -3.37. The van der Waals surface area contributed by atoms with Crippen molar-refractivity contribution in [2.75, 3.05) is 33.4 Å². The molecule has 0 bridgehead atoms. The average Bonchev–Trinajstić information content (AvgIpc) is 2.94. The van der Waals surface area contributed by atoms with E-state index in [0.29, 0.717) is 44.5 Å². The minimum absolute atomic E-state index is 0.110. The van der Waals surface area contributed by atoms with E-state index < -0.39 is 23.1 Å². The first kappa shape index (κ1) is 37.1. The molecule has 1 atom stereocenters. The van der Waals surface area contributed by atoms with E-state index in [1.807, 2.05) is 55.4 Å². The summed E-state index contributed by atoms with van der Waals surface area (Å²) in [7, 11) is 1.59. The molecule has 0 aromatic heterocycles. The highest BCUT2D eigenvalue weighted by Gasteiger charge is 2.35. The number of rotatable bonds is 10. The fraction of sp³-hybridized carbons (Fsp3) is 0.571. The van der Waals surface area contributed by atoms with Crippen LogP contribution in [0.4, 0.5) is 9.18 Å². The Bertz CT molecular complexity index is 1400. The molecule has 2 aromatic rings. The van der Waals surface area contributed by atoms with Crippen LogP contribution in [0.25, 0.3) is 11.1 Å². The van der Waals surface area contributed by atoms with Crippen LogP contribution in [0.3, 0.4) is 0 Å². The van der Waals surface area contributed by atoms with Crippen LogP contribution < -0.4 is 10.1 Å². The summed E-state index contributed by atoms with van der Waals surface area (Å²) in [5, 5.41) is 3.00. The highest BCUT2D eigenvalue weighted by molar-refractivity contribution is 6.34. The Morgan fingerprint density at radius 2 is 1.76 bits per heavy atom. The fourth-order valence-electron chi connectivity index (χ4n) is 5.35. The topological polar surface area (TPSA) is 97.4 Å². The summed E-state index contributed by atoms with van der Waals surface area (Å²) in [6.45, 7) is 16.4. The van der Waals surface area contributed by atoms with Gasteiger partial charge in [-0.05, 0) is 98.6 Å². The van der Waals surface area contributed by atoms with Gasteiger partial charge in [0.2, 0.25) is 0 Å². The zero-order valence-electron chi connectivity index (χ0n) is 28.6. The number of benzene rings is 2. The van der Waals surface area contributed by atoms with Gasteiger partial charge in [-0.3, -0.25) is 9.59 Å². The lowest BCUT2D eigenvalue weighted by Gasteiger charge is -2.41. The lowest BCUT2D eigenvalue weighted by molar-refractivity contribution is 0.00752. The van der Waals surface area contributed by atoms with E-state index in [1.54, 1.807) is 16.9 Å². The molecule has 2 aromatic carbocycles. The van der Waals surface area contributed by atoms with Crippen LogP contribution >= 0.6 is 11.6 Å². The minimum Gasteiger partial charge on any atom is -0.493 e. The van der Waals surface area contributed by atoms with Crippen molar-refractivity contribution in [3.63, 3.8) is 0 Å². The summed E-state index contributed by atoms with van der Waals surface area (Å²) in [5.41, 5.74) is -0.237. The highest BCUT2D eigenvalue weighted by atomic mass is 35.5. The number of carbonyl (C=O) groups is 3. The number of amides is 3. The van der Waals surface area contributed by atoms with Gasteiger partial charge in [0.25, 0.3) is 11.8 Å². The van der Waals surface area contributed by atoms with E-state index in [0.717, 1.165) is 0 Å². The van der Waals surface area contributed by atoms with Crippen molar-refractivity contribution in [2.24, 2.45) is 0 Å². The molecule has 0 saturated carbocycles. The molecule has 1 heterocycles. The maximum absolute atomic E-state index is 15.4. The maximum atomic E-state index is 15.4. The molecular weight excluding hydrogens is 613 g/mol. The van der Waals surface area contributed by atoms with Crippen molar-refractivity contribution in [2.45, 2.75) is 97.9 Å². The smallest absolute Gasteiger partial charge is 0.410 e.